The van der Waals surface area contributed by atoms with Crippen LogP contribution < -0.4 is 18.9 Å². The zero-order valence-electron chi connectivity index (χ0n) is 20.4. The van der Waals surface area contributed by atoms with Gasteiger partial charge in [-0.1, -0.05) is 14.9 Å². The van der Waals surface area contributed by atoms with E-state index in [1.165, 1.54) is 35.5 Å². The van der Waals surface area contributed by atoms with Gasteiger partial charge in [0.2, 0.25) is 0 Å². The summed E-state index contributed by atoms with van der Waals surface area (Å²) in [7, 11) is 7.27. The summed E-state index contributed by atoms with van der Waals surface area (Å²) in [4.78, 5) is 45.0. The van der Waals surface area contributed by atoms with Crippen LogP contribution in [-0.2, 0) is 14.3 Å². The number of aliphatic carboxylic acids is 1. The number of rotatable bonds is 12. The van der Waals surface area contributed by atoms with Crippen molar-refractivity contribution in [1.29, 1.82) is 0 Å². The van der Waals surface area contributed by atoms with Crippen molar-refractivity contribution in [1.82, 2.24) is 0 Å². The molecule has 0 spiro atoms. The van der Waals surface area contributed by atoms with Crippen molar-refractivity contribution in [3.63, 3.8) is 0 Å². The minimum Gasteiger partial charge on any atom is -0.497 e. The van der Waals surface area contributed by atoms with E-state index >= 15 is 0 Å². The summed E-state index contributed by atoms with van der Waals surface area (Å²) in [6.45, 7) is 0. The standard InChI is InChI=1S/C13H16O5.C12H14O5.2CH4/c1-16-9-4-5-10(12(8-9)17-2)11(14)6-7-13(15)18-3;1-16-8-3-4-9(11(7-8)17-2)10(13)5-6-12(14)15;;/h4-5,8H,6-7H2,1-3H3;3-4,7H,5-6H2,1-2H3,(H,14,15);2*1H4. The molecule has 0 aliphatic heterocycles. The Bertz CT molecular complexity index is 1030. The smallest absolute Gasteiger partial charge is 0.305 e. The first-order chi connectivity index (χ1) is 16.7. The van der Waals surface area contributed by atoms with Crippen LogP contribution in [0.25, 0.3) is 0 Å². The predicted molar refractivity (Wildman–Crippen MR) is 139 cm³/mol. The summed E-state index contributed by atoms with van der Waals surface area (Å²) < 4.78 is 24.7. The normalized spacial score (nSPS) is 9.22. The maximum atomic E-state index is 11.9. The average Bonchev–Trinajstić information content (AvgIpc) is 2.89. The lowest BCUT2D eigenvalue weighted by atomic mass is 10.1. The molecule has 0 aliphatic rings. The van der Waals surface area contributed by atoms with Gasteiger partial charge >= 0.3 is 11.9 Å². The van der Waals surface area contributed by atoms with Gasteiger partial charge in [0, 0.05) is 25.0 Å². The molecule has 2 aromatic rings. The van der Waals surface area contributed by atoms with E-state index in [0.717, 1.165) is 0 Å². The number of methoxy groups -OCH3 is 5. The predicted octanol–water partition coefficient (Wildman–Crippen LogP) is 4.86. The number of carbonyl (C=O) groups is 4. The van der Waals surface area contributed by atoms with Crippen LogP contribution in [0.3, 0.4) is 0 Å². The van der Waals surface area contributed by atoms with Crippen molar-refractivity contribution in [3.8, 4) is 23.0 Å². The zero-order valence-corrected chi connectivity index (χ0v) is 20.4. The zero-order chi connectivity index (χ0) is 26.4. The number of benzene rings is 2. The van der Waals surface area contributed by atoms with Crippen LogP contribution in [0, 0.1) is 0 Å². The molecule has 2 rings (SSSR count). The van der Waals surface area contributed by atoms with Crippen LogP contribution in [0.4, 0.5) is 0 Å². The first-order valence-electron chi connectivity index (χ1n) is 10.5. The Morgan fingerprint density at radius 3 is 1.35 bits per heavy atom. The molecule has 10 nitrogen and oxygen atoms in total. The van der Waals surface area contributed by atoms with Crippen molar-refractivity contribution in [2.75, 3.05) is 35.5 Å². The summed E-state index contributed by atoms with van der Waals surface area (Å²) in [5.41, 5.74) is 0.803. The average molecular weight is 523 g/mol. The Morgan fingerprint density at radius 1 is 0.622 bits per heavy atom. The topological polar surface area (TPSA) is 135 Å². The highest BCUT2D eigenvalue weighted by atomic mass is 16.5. The number of carbonyl (C=O) groups excluding carboxylic acids is 3. The number of hydrogen-bond donors (Lipinski definition) is 1. The van der Waals surface area contributed by atoms with E-state index in [9.17, 15) is 19.2 Å². The van der Waals surface area contributed by atoms with Crippen LogP contribution in [0.15, 0.2) is 36.4 Å². The number of esters is 1. The highest BCUT2D eigenvalue weighted by molar-refractivity contribution is 6.00. The molecule has 37 heavy (non-hydrogen) atoms. The molecular formula is C27H38O10. The molecule has 0 saturated heterocycles. The van der Waals surface area contributed by atoms with E-state index in [-0.39, 0.29) is 52.1 Å². The van der Waals surface area contributed by atoms with Crippen molar-refractivity contribution >= 4 is 23.5 Å². The maximum absolute atomic E-state index is 11.9. The van der Waals surface area contributed by atoms with Gasteiger partial charge in [0.05, 0.1) is 59.5 Å². The van der Waals surface area contributed by atoms with E-state index in [2.05, 4.69) is 4.74 Å². The number of carboxylic acid groups (broad SMARTS) is 1. The third kappa shape index (κ3) is 11.5. The molecule has 10 heteroatoms. The first-order valence-corrected chi connectivity index (χ1v) is 10.5. The molecule has 0 bridgehead atoms. The third-order valence-electron chi connectivity index (χ3n) is 4.77. The van der Waals surface area contributed by atoms with Crippen LogP contribution in [-0.4, -0.2) is 64.2 Å². The molecule has 0 aliphatic carbocycles. The Hall–Kier alpha value is -4.08. The molecule has 0 radical (unpaired) electrons. The molecule has 206 valence electrons. The molecule has 0 unspecified atom stereocenters. The summed E-state index contributed by atoms with van der Waals surface area (Å²) in [6.07, 6.45) is -0.0775. The Kier molecular flexibility index (Phi) is 17.3. The van der Waals surface area contributed by atoms with Crippen LogP contribution in [0.1, 0.15) is 61.3 Å². The summed E-state index contributed by atoms with van der Waals surface area (Å²) >= 11 is 0. The van der Waals surface area contributed by atoms with Gasteiger partial charge in [0.1, 0.15) is 23.0 Å². The Morgan fingerprint density at radius 2 is 1.03 bits per heavy atom. The quantitative estimate of drug-likeness (QED) is 0.304. The lowest BCUT2D eigenvalue weighted by Gasteiger charge is -2.09. The summed E-state index contributed by atoms with van der Waals surface area (Å²) in [6, 6.07) is 9.73. The first kappa shape index (κ1) is 35.1. The summed E-state index contributed by atoms with van der Waals surface area (Å²) in [5, 5.41) is 8.51. The SMILES string of the molecule is C.C.COC(=O)CCC(=O)c1ccc(OC)cc1OC.COc1ccc(C(=O)CCC(=O)O)c(OC)c1. The van der Waals surface area contributed by atoms with Gasteiger partial charge in [-0.25, -0.2) is 0 Å². The van der Waals surface area contributed by atoms with Crippen molar-refractivity contribution in [2.45, 2.75) is 40.5 Å². The summed E-state index contributed by atoms with van der Waals surface area (Å²) in [5.74, 6) is 0.186. The van der Waals surface area contributed by atoms with Crippen LogP contribution >= 0.6 is 0 Å². The maximum Gasteiger partial charge on any atom is 0.305 e. The van der Waals surface area contributed by atoms with Gasteiger partial charge in [-0.05, 0) is 24.3 Å². The van der Waals surface area contributed by atoms with E-state index in [1.807, 2.05) is 0 Å². The van der Waals surface area contributed by atoms with Gasteiger partial charge in [-0.2, -0.15) is 0 Å². The minimum atomic E-state index is -0.995. The van der Waals surface area contributed by atoms with E-state index in [1.54, 1.807) is 36.4 Å². The Labute approximate surface area is 218 Å². The largest absolute Gasteiger partial charge is 0.497 e. The molecule has 2 aromatic carbocycles. The fourth-order valence-corrected chi connectivity index (χ4v) is 2.87. The van der Waals surface area contributed by atoms with Crippen molar-refractivity contribution in [2.24, 2.45) is 0 Å². The van der Waals surface area contributed by atoms with Crippen LogP contribution in [0.5, 0.6) is 23.0 Å². The van der Waals surface area contributed by atoms with Crippen molar-refractivity contribution < 1.29 is 48.0 Å². The molecule has 0 fully saturated rings. The highest BCUT2D eigenvalue weighted by Gasteiger charge is 2.15. The second kappa shape index (κ2) is 18.2. The van der Waals surface area contributed by atoms with Gasteiger partial charge in [-0.15, -0.1) is 0 Å². The molecule has 0 aromatic heterocycles. The third-order valence-corrected chi connectivity index (χ3v) is 4.77. The van der Waals surface area contributed by atoms with Gasteiger partial charge in [0.25, 0.3) is 0 Å². The lowest BCUT2D eigenvalue weighted by molar-refractivity contribution is -0.140. The number of Topliss-reactive ketones (excluding diaryl/α,β-unsaturated/α-hetero) is 2. The van der Waals surface area contributed by atoms with Crippen LogP contribution in [0.2, 0.25) is 0 Å². The fourth-order valence-electron chi connectivity index (χ4n) is 2.87. The van der Waals surface area contributed by atoms with Crippen molar-refractivity contribution in [3.05, 3.63) is 47.5 Å². The fraction of sp³-hybridized carbons (Fsp3) is 0.407. The highest BCUT2D eigenvalue weighted by Crippen LogP contribution is 2.27. The molecule has 0 saturated carbocycles. The van der Waals surface area contributed by atoms with E-state index < -0.39 is 11.9 Å². The molecular weight excluding hydrogens is 484 g/mol. The second-order valence-electron chi connectivity index (χ2n) is 6.95. The van der Waals surface area contributed by atoms with E-state index in [0.29, 0.717) is 34.1 Å². The molecule has 1 N–H and O–H groups in total. The van der Waals surface area contributed by atoms with E-state index in [4.69, 9.17) is 24.1 Å². The second-order valence-corrected chi connectivity index (χ2v) is 6.95. The number of ketones is 2. The molecule has 0 heterocycles. The lowest BCUT2D eigenvalue weighted by Crippen LogP contribution is -2.07. The number of carboxylic acids is 1. The Balaban J connectivity index is 0. The monoisotopic (exact) mass is 522 g/mol. The minimum absolute atomic E-state index is 0. The van der Waals surface area contributed by atoms with Gasteiger partial charge < -0.3 is 28.8 Å². The molecule has 0 amide bonds. The van der Waals surface area contributed by atoms with Gasteiger partial charge in [0.15, 0.2) is 11.6 Å². The van der Waals surface area contributed by atoms with Gasteiger partial charge in [-0.3, -0.25) is 19.2 Å². The molecule has 0 atom stereocenters. The number of ether oxygens (including phenoxy) is 5. The number of hydrogen-bond acceptors (Lipinski definition) is 9.